The van der Waals surface area contributed by atoms with E-state index in [1.807, 2.05) is 24.3 Å². The third-order valence-electron chi connectivity index (χ3n) is 5.37. The molecule has 8 nitrogen and oxygen atoms in total. The van der Waals surface area contributed by atoms with Crippen LogP contribution >= 0.6 is 24.0 Å². The van der Waals surface area contributed by atoms with Crippen molar-refractivity contribution >= 4 is 29.9 Å². The molecule has 1 saturated heterocycles. The topological polar surface area (TPSA) is 80.5 Å². The smallest absolute Gasteiger partial charge is 0.191 e. The van der Waals surface area contributed by atoms with Gasteiger partial charge >= 0.3 is 0 Å². The second kappa shape index (κ2) is 12.7. The van der Waals surface area contributed by atoms with E-state index >= 15 is 0 Å². The SMILES string of the molecule is CN=C(NCc1cc(OC)c(OC)cc1OC)NCC(c1ccco1)N1CCCC1.I. The standard InChI is InChI=1S/C22H32N4O4.HI/c1-23-22(24-14-16-12-20(28-3)21(29-4)13-19(16)27-2)25-15-17(18-8-7-11-30-18)26-9-5-6-10-26;/h7-8,11-13,17H,5-6,9-10,14-15H2,1-4H3,(H2,23,24,25);1H. The Balaban J connectivity index is 0.00000341. The number of furan rings is 1. The Labute approximate surface area is 201 Å². The normalized spacial score (nSPS) is 15.2. The second-order valence-electron chi connectivity index (χ2n) is 7.10. The van der Waals surface area contributed by atoms with Gasteiger partial charge in [0, 0.05) is 31.8 Å². The summed E-state index contributed by atoms with van der Waals surface area (Å²) in [5.74, 6) is 3.70. The van der Waals surface area contributed by atoms with E-state index in [9.17, 15) is 0 Å². The van der Waals surface area contributed by atoms with Crippen molar-refractivity contribution in [2.24, 2.45) is 4.99 Å². The van der Waals surface area contributed by atoms with Crippen LogP contribution in [0.5, 0.6) is 17.2 Å². The van der Waals surface area contributed by atoms with E-state index in [1.165, 1.54) is 12.8 Å². The van der Waals surface area contributed by atoms with Gasteiger partial charge in [-0.3, -0.25) is 9.89 Å². The van der Waals surface area contributed by atoms with Crippen molar-refractivity contribution in [1.82, 2.24) is 15.5 Å². The van der Waals surface area contributed by atoms with Crippen molar-refractivity contribution in [3.05, 3.63) is 41.9 Å². The van der Waals surface area contributed by atoms with E-state index in [0.29, 0.717) is 30.5 Å². The Morgan fingerprint density at radius 1 is 1.06 bits per heavy atom. The highest BCUT2D eigenvalue weighted by Gasteiger charge is 2.25. The number of guanidine groups is 1. The Bertz CT molecular complexity index is 823. The molecule has 0 radical (unpaired) electrons. The Morgan fingerprint density at radius 2 is 1.74 bits per heavy atom. The maximum Gasteiger partial charge on any atom is 0.191 e. The quantitative estimate of drug-likeness (QED) is 0.285. The highest BCUT2D eigenvalue weighted by atomic mass is 127. The number of methoxy groups -OCH3 is 3. The number of hydrogen-bond acceptors (Lipinski definition) is 6. The van der Waals surface area contributed by atoms with Crippen LogP contribution < -0.4 is 24.8 Å². The van der Waals surface area contributed by atoms with Gasteiger partial charge in [-0.1, -0.05) is 0 Å². The molecule has 1 aliphatic heterocycles. The number of nitrogens with one attached hydrogen (secondary N) is 2. The maximum absolute atomic E-state index is 5.70. The molecule has 3 rings (SSSR count). The molecule has 0 bridgehead atoms. The summed E-state index contributed by atoms with van der Waals surface area (Å²) in [6, 6.07) is 7.89. The summed E-state index contributed by atoms with van der Waals surface area (Å²) in [5.41, 5.74) is 0.945. The van der Waals surface area contributed by atoms with Crippen LogP contribution in [0.3, 0.4) is 0 Å². The molecule has 2 aromatic rings. The number of aliphatic imine (C=N–C) groups is 1. The van der Waals surface area contributed by atoms with E-state index in [1.54, 1.807) is 34.6 Å². The first-order valence-corrected chi connectivity index (χ1v) is 10.2. The molecule has 2 N–H and O–H groups in total. The van der Waals surface area contributed by atoms with Gasteiger partial charge < -0.3 is 29.3 Å². The summed E-state index contributed by atoms with van der Waals surface area (Å²) in [5, 5.41) is 6.79. The molecule has 0 saturated carbocycles. The first-order chi connectivity index (χ1) is 14.7. The first kappa shape index (κ1) is 25.1. The van der Waals surface area contributed by atoms with E-state index in [0.717, 1.165) is 30.2 Å². The number of nitrogens with zero attached hydrogens (tertiary/aromatic N) is 2. The predicted molar refractivity (Wildman–Crippen MR) is 132 cm³/mol. The van der Waals surface area contributed by atoms with Crippen LogP contribution in [0.1, 0.15) is 30.2 Å². The minimum atomic E-state index is 0. The molecule has 0 amide bonds. The molecular formula is C22H33IN4O4. The Hall–Kier alpha value is -2.14. The van der Waals surface area contributed by atoms with Gasteiger partial charge in [-0.15, -0.1) is 24.0 Å². The number of halogens is 1. The van der Waals surface area contributed by atoms with E-state index in [-0.39, 0.29) is 30.0 Å². The highest BCUT2D eigenvalue weighted by Crippen LogP contribution is 2.34. The molecule has 1 aromatic heterocycles. The number of likely N-dealkylation sites (tertiary alicyclic amines) is 1. The fourth-order valence-corrected chi connectivity index (χ4v) is 3.77. The number of benzene rings is 1. The van der Waals surface area contributed by atoms with Crippen LogP contribution in [-0.4, -0.2) is 58.9 Å². The minimum Gasteiger partial charge on any atom is -0.496 e. The molecule has 172 valence electrons. The van der Waals surface area contributed by atoms with Crippen LogP contribution in [0.4, 0.5) is 0 Å². The van der Waals surface area contributed by atoms with Crippen molar-refractivity contribution in [2.45, 2.75) is 25.4 Å². The lowest BCUT2D eigenvalue weighted by atomic mass is 10.1. The Kier molecular flexibility index (Phi) is 10.3. The van der Waals surface area contributed by atoms with Gasteiger partial charge in [0.25, 0.3) is 0 Å². The maximum atomic E-state index is 5.70. The lowest BCUT2D eigenvalue weighted by Gasteiger charge is -2.26. The molecule has 31 heavy (non-hydrogen) atoms. The molecule has 0 aliphatic carbocycles. The summed E-state index contributed by atoms with van der Waals surface area (Å²) in [7, 11) is 6.63. The molecule has 2 heterocycles. The largest absolute Gasteiger partial charge is 0.496 e. The molecular weight excluding hydrogens is 511 g/mol. The minimum absolute atomic E-state index is 0. The summed E-state index contributed by atoms with van der Waals surface area (Å²) in [4.78, 5) is 6.82. The van der Waals surface area contributed by atoms with Crippen LogP contribution in [0.2, 0.25) is 0 Å². The third kappa shape index (κ3) is 6.42. The van der Waals surface area contributed by atoms with Crippen LogP contribution in [0.25, 0.3) is 0 Å². The molecule has 1 atom stereocenters. The Morgan fingerprint density at radius 3 is 2.32 bits per heavy atom. The van der Waals surface area contributed by atoms with Crippen molar-refractivity contribution in [2.75, 3.05) is 48.0 Å². The fourth-order valence-electron chi connectivity index (χ4n) is 3.77. The summed E-state index contributed by atoms with van der Waals surface area (Å²) in [6.45, 7) is 3.40. The van der Waals surface area contributed by atoms with Crippen molar-refractivity contribution in [1.29, 1.82) is 0 Å². The average Bonchev–Trinajstić information content (AvgIpc) is 3.50. The summed E-state index contributed by atoms with van der Waals surface area (Å²) >= 11 is 0. The monoisotopic (exact) mass is 544 g/mol. The highest BCUT2D eigenvalue weighted by molar-refractivity contribution is 14.0. The van der Waals surface area contributed by atoms with E-state index < -0.39 is 0 Å². The molecule has 1 unspecified atom stereocenters. The number of ether oxygens (including phenoxy) is 3. The summed E-state index contributed by atoms with van der Waals surface area (Å²) < 4.78 is 22.0. The summed E-state index contributed by atoms with van der Waals surface area (Å²) in [6.07, 6.45) is 4.18. The molecule has 1 fully saturated rings. The molecule has 1 aliphatic rings. The van der Waals surface area contributed by atoms with Gasteiger partial charge in [0.2, 0.25) is 0 Å². The van der Waals surface area contributed by atoms with Gasteiger partial charge in [0.15, 0.2) is 17.5 Å². The van der Waals surface area contributed by atoms with Crippen molar-refractivity contribution in [3.63, 3.8) is 0 Å². The van der Waals surface area contributed by atoms with Gasteiger partial charge in [0.05, 0.1) is 33.6 Å². The number of rotatable bonds is 9. The van der Waals surface area contributed by atoms with Crippen molar-refractivity contribution < 1.29 is 18.6 Å². The number of hydrogen-bond donors (Lipinski definition) is 2. The van der Waals surface area contributed by atoms with Gasteiger partial charge in [-0.25, -0.2) is 0 Å². The van der Waals surface area contributed by atoms with Crippen LogP contribution in [0, 0.1) is 0 Å². The fraction of sp³-hybridized carbons (Fsp3) is 0.500. The van der Waals surface area contributed by atoms with Gasteiger partial charge in [0.1, 0.15) is 11.5 Å². The molecule has 0 spiro atoms. The van der Waals surface area contributed by atoms with E-state index in [4.69, 9.17) is 18.6 Å². The first-order valence-electron chi connectivity index (χ1n) is 10.2. The van der Waals surface area contributed by atoms with Gasteiger partial charge in [-0.05, 0) is 44.1 Å². The average molecular weight is 544 g/mol. The molecule has 1 aromatic carbocycles. The zero-order valence-electron chi connectivity index (χ0n) is 18.6. The molecule has 9 heteroatoms. The second-order valence-corrected chi connectivity index (χ2v) is 7.10. The lowest BCUT2D eigenvalue weighted by Crippen LogP contribution is -2.42. The van der Waals surface area contributed by atoms with Gasteiger partial charge in [-0.2, -0.15) is 0 Å². The van der Waals surface area contributed by atoms with Crippen LogP contribution in [0.15, 0.2) is 39.9 Å². The van der Waals surface area contributed by atoms with Crippen LogP contribution in [-0.2, 0) is 6.54 Å². The van der Waals surface area contributed by atoms with E-state index in [2.05, 4.69) is 20.5 Å². The van der Waals surface area contributed by atoms with Crippen molar-refractivity contribution in [3.8, 4) is 17.2 Å². The zero-order chi connectivity index (χ0) is 21.3. The zero-order valence-corrected chi connectivity index (χ0v) is 21.0. The third-order valence-corrected chi connectivity index (χ3v) is 5.37. The lowest BCUT2D eigenvalue weighted by molar-refractivity contribution is 0.215. The predicted octanol–water partition coefficient (Wildman–Crippen LogP) is 3.43.